The number of nitriles is 1. The van der Waals surface area contributed by atoms with Gasteiger partial charge in [0.2, 0.25) is 0 Å². The van der Waals surface area contributed by atoms with Crippen molar-refractivity contribution in [1.82, 2.24) is 9.55 Å². The van der Waals surface area contributed by atoms with Crippen LogP contribution < -0.4 is 0 Å². The summed E-state index contributed by atoms with van der Waals surface area (Å²) in [6.07, 6.45) is 0.980. The third kappa shape index (κ3) is 6.42. The number of hydrogen-bond donors (Lipinski definition) is 0. The van der Waals surface area contributed by atoms with Gasteiger partial charge in [0.15, 0.2) is 11.6 Å². The van der Waals surface area contributed by atoms with Crippen LogP contribution in [0.15, 0.2) is 28.9 Å². The van der Waals surface area contributed by atoms with Crippen LogP contribution in [0.1, 0.15) is 33.9 Å². The van der Waals surface area contributed by atoms with Gasteiger partial charge in [0.1, 0.15) is 11.3 Å². The lowest BCUT2D eigenvalue weighted by Crippen LogP contribution is -2.22. The zero-order chi connectivity index (χ0) is 20.0. The molecule has 7 heteroatoms. The Morgan fingerprint density at radius 2 is 1.96 bits per heavy atom. The molecule has 0 radical (unpaired) electrons. The summed E-state index contributed by atoms with van der Waals surface area (Å²) in [4.78, 5) is 17.1. The molecule has 1 heterocycles. The zero-order valence-electron chi connectivity index (χ0n) is 16.4. The highest BCUT2D eigenvalue weighted by Crippen LogP contribution is 2.19. The summed E-state index contributed by atoms with van der Waals surface area (Å²) in [5.41, 5.74) is 2.54. The number of nitrogens with zero attached hydrogens (tertiary/aromatic N) is 3. The molecule has 1 aromatic heterocycles. The van der Waals surface area contributed by atoms with Crippen molar-refractivity contribution in [3.63, 3.8) is 0 Å². The number of Topliss-reactive ketones (excluding diaryl/α,β-unsaturated/α-hetero) is 1. The Morgan fingerprint density at radius 1 is 1.30 bits per heavy atom. The van der Waals surface area contributed by atoms with Gasteiger partial charge in [-0.2, -0.15) is 5.26 Å². The number of aryl methyl sites for hydroxylation is 1. The summed E-state index contributed by atoms with van der Waals surface area (Å²) in [5.74, 6) is 0.419. The van der Waals surface area contributed by atoms with Gasteiger partial charge in [-0.05, 0) is 53.0 Å². The lowest BCUT2D eigenvalue weighted by atomic mass is 10.1. The predicted molar refractivity (Wildman–Crippen MR) is 113 cm³/mol. The fourth-order valence-corrected chi connectivity index (χ4v) is 3.66. The Morgan fingerprint density at radius 3 is 2.56 bits per heavy atom. The molecule has 1 aromatic carbocycles. The molecule has 0 spiro atoms. The highest BCUT2D eigenvalue weighted by atomic mass is 79.9. The van der Waals surface area contributed by atoms with Crippen LogP contribution >= 0.6 is 15.9 Å². The van der Waals surface area contributed by atoms with Gasteiger partial charge < -0.3 is 9.30 Å². The number of rotatable bonds is 9. The first-order valence-electron chi connectivity index (χ1n) is 9.04. The number of aromatic nitrogens is 2. The summed E-state index contributed by atoms with van der Waals surface area (Å²) in [6, 6.07) is 10.5. The van der Waals surface area contributed by atoms with Gasteiger partial charge >= 0.3 is 0 Å². The lowest BCUT2D eigenvalue weighted by Gasteiger charge is -2.16. The van der Waals surface area contributed by atoms with Gasteiger partial charge in [-0.15, -0.1) is 0 Å². The molecule has 0 saturated heterocycles. The Bertz CT molecular complexity index is 833. The molecule has 0 N–H and O–H groups in total. The number of carbonyl (C=O) groups is 1. The van der Waals surface area contributed by atoms with Crippen LogP contribution in [0.4, 0.5) is 0 Å². The summed E-state index contributed by atoms with van der Waals surface area (Å²) in [5, 5.41) is 8.86. The van der Waals surface area contributed by atoms with Crippen LogP contribution in [-0.2, 0) is 17.9 Å². The smallest absolute Gasteiger partial charge is 0.198 e. The number of hydrogen-bond acceptors (Lipinski definition) is 4. The second-order valence-electron chi connectivity index (χ2n) is 7.82. The number of ketones is 1. The Labute approximate surface area is 170 Å². The number of imidazole rings is 1. The van der Waals surface area contributed by atoms with Crippen LogP contribution in [0.2, 0.25) is 25.7 Å². The van der Waals surface area contributed by atoms with Crippen LogP contribution in [0.25, 0.3) is 0 Å². The molecule has 0 aliphatic heterocycles. The van der Waals surface area contributed by atoms with E-state index < -0.39 is 8.07 Å². The van der Waals surface area contributed by atoms with E-state index in [0.29, 0.717) is 42.2 Å². The fraction of sp³-hybridized carbons (Fsp3) is 0.450. The third-order valence-corrected chi connectivity index (χ3v) is 6.81. The van der Waals surface area contributed by atoms with E-state index in [4.69, 9.17) is 10.00 Å². The molecule has 0 saturated carbocycles. The van der Waals surface area contributed by atoms with Crippen molar-refractivity contribution in [3.8, 4) is 6.07 Å². The number of halogens is 1. The molecule has 0 atom stereocenters. The fourth-order valence-electron chi connectivity index (χ4n) is 2.53. The van der Waals surface area contributed by atoms with Gasteiger partial charge in [-0.25, -0.2) is 4.98 Å². The van der Waals surface area contributed by atoms with Crippen molar-refractivity contribution in [1.29, 1.82) is 5.26 Å². The first-order valence-corrected chi connectivity index (χ1v) is 13.5. The monoisotopic (exact) mass is 447 g/mol. The number of benzene rings is 1. The van der Waals surface area contributed by atoms with Crippen molar-refractivity contribution in [2.75, 3.05) is 6.61 Å². The lowest BCUT2D eigenvalue weighted by molar-refractivity contribution is 0.0785. The van der Waals surface area contributed by atoms with Crippen LogP contribution in [0.5, 0.6) is 0 Å². The highest BCUT2D eigenvalue weighted by molar-refractivity contribution is 9.10. The largest absolute Gasteiger partial charge is 0.361 e. The minimum Gasteiger partial charge on any atom is -0.361 e. The maximum atomic E-state index is 12.7. The van der Waals surface area contributed by atoms with E-state index in [1.54, 1.807) is 12.1 Å². The summed E-state index contributed by atoms with van der Waals surface area (Å²) in [7, 11) is -1.14. The van der Waals surface area contributed by atoms with Crippen LogP contribution in [-0.4, -0.2) is 30.0 Å². The van der Waals surface area contributed by atoms with E-state index in [0.717, 1.165) is 17.3 Å². The maximum Gasteiger partial charge on any atom is 0.198 e. The molecule has 2 aromatic rings. The quantitative estimate of drug-likeness (QED) is 0.309. The normalized spacial score (nSPS) is 11.4. The topological polar surface area (TPSA) is 67.9 Å². The van der Waals surface area contributed by atoms with Gasteiger partial charge in [-0.1, -0.05) is 31.8 Å². The molecule has 144 valence electrons. The number of ether oxygens (including phenoxy) is 1. The summed E-state index contributed by atoms with van der Waals surface area (Å²) < 4.78 is 8.34. The third-order valence-electron chi connectivity index (χ3n) is 4.35. The molecule has 0 aliphatic rings. The van der Waals surface area contributed by atoms with Crippen LogP contribution in [0.3, 0.4) is 0 Å². The molecule has 2 rings (SSSR count). The van der Waals surface area contributed by atoms with E-state index >= 15 is 0 Å². The molecule has 0 amide bonds. The molecule has 0 unspecified atom stereocenters. The van der Waals surface area contributed by atoms with E-state index in [9.17, 15) is 4.79 Å². The first-order chi connectivity index (χ1) is 12.7. The van der Waals surface area contributed by atoms with Crippen molar-refractivity contribution in [3.05, 3.63) is 51.5 Å². The number of carbonyl (C=O) groups excluding carboxylic acids is 1. The SMILES string of the molecule is Cc1c(Br)nc(C(=O)CCc2ccc(C#N)cc2)n1COCC[Si](C)(C)C. The minimum absolute atomic E-state index is 0.0121. The van der Waals surface area contributed by atoms with Gasteiger partial charge in [0.05, 0.1) is 17.3 Å². The molecule has 0 bridgehead atoms. The van der Waals surface area contributed by atoms with Gasteiger partial charge in [0.25, 0.3) is 0 Å². The molecule has 0 fully saturated rings. The van der Waals surface area contributed by atoms with Gasteiger partial charge in [-0.3, -0.25) is 4.79 Å². The molecular formula is C20H26BrN3O2Si. The predicted octanol–water partition coefficient (Wildman–Crippen LogP) is 4.95. The second kappa shape index (κ2) is 9.45. The average Bonchev–Trinajstić information content (AvgIpc) is 2.91. The second-order valence-corrected chi connectivity index (χ2v) is 14.2. The first kappa shape index (κ1) is 21.5. The van der Waals surface area contributed by atoms with E-state index in [1.165, 1.54) is 0 Å². The van der Waals surface area contributed by atoms with Crippen LogP contribution in [0, 0.1) is 18.3 Å². The van der Waals surface area contributed by atoms with Crippen molar-refractivity contribution >= 4 is 29.8 Å². The minimum atomic E-state index is -1.14. The molecular weight excluding hydrogens is 422 g/mol. The van der Waals surface area contributed by atoms with E-state index in [2.05, 4.69) is 46.6 Å². The Balaban J connectivity index is 2.00. The Hall–Kier alpha value is -1.75. The van der Waals surface area contributed by atoms with Gasteiger partial charge in [0, 0.05) is 21.1 Å². The summed E-state index contributed by atoms with van der Waals surface area (Å²) >= 11 is 3.42. The van der Waals surface area contributed by atoms with Crippen molar-refractivity contribution in [2.45, 2.75) is 52.2 Å². The molecule has 0 aliphatic carbocycles. The van der Waals surface area contributed by atoms with E-state index in [1.807, 2.05) is 23.6 Å². The standard InChI is InChI=1S/C20H26BrN3O2Si/c1-15-19(21)23-20(24(15)14-26-11-12-27(2,3)4)18(25)10-9-16-5-7-17(13-22)8-6-16/h5-8H,9-12,14H2,1-4H3. The van der Waals surface area contributed by atoms with Crippen molar-refractivity contribution in [2.24, 2.45) is 0 Å². The Kier molecular flexibility index (Phi) is 7.54. The average molecular weight is 448 g/mol. The molecule has 27 heavy (non-hydrogen) atoms. The molecule has 5 nitrogen and oxygen atoms in total. The van der Waals surface area contributed by atoms with E-state index in [-0.39, 0.29) is 5.78 Å². The van der Waals surface area contributed by atoms with Crippen molar-refractivity contribution < 1.29 is 9.53 Å². The summed E-state index contributed by atoms with van der Waals surface area (Å²) in [6.45, 7) is 9.90. The highest BCUT2D eigenvalue weighted by Gasteiger charge is 2.19. The zero-order valence-corrected chi connectivity index (χ0v) is 19.0. The maximum absolute atomic E-state index is 12.7.